The van der Waals surface area contributed by atoms with Crippen LogP contribution < -0.4 is 5.32 Å². The fourth-order valence-electron chi connectivity index (χ4n) is 4.49. The van der Waals surface area contributed by atoms with E-state index in [4.69, 9.17) is 0 Å². The van der Waals surface area contributed by atoms with Gasteiger partial charge in [-0.3, -0.25) is 0 Å². The second-order valence-electron chi connectivity index (χ2n) is 8.20. The summed E-state index contributed by atoms with van der Waals surface area (Å²) < 4.78 is 29.0. The molecule has 1 aliphatic rings. The van der Waals surface area contributed by atoms with Gasteiger partial charge in [-0.15, -0.1) is 0 Å². The van der Waals surface area contributed by atoms with Crippen molar-refractivity contribution >= 4 is 11.4 Å². The molecule has 0 saturated carbocycles. The van der Waals surface area contributed by atoms with Gasteiger partial charge in [0.25, 0.3) is 0 Å². The van der Waals surface area contributed by atoms with E-state index >= 15 is 0 Å². The van der Waals surface area contributed by atoms with Crippen LogP contribution in [0.5, 0.6) is 0 Å². The van der Waals surface area contributed by atoms with Gasteiger partial charge in [-0.25, -0.2) is 8.78 Å². The Morgan fingerprint density at radius 2 is 1.33 bits per heavy atom. The Balaban J connectivity index is 1.62. The monoisotopic (exact) mass is 397 g/mol. The van der Waals surface area contributed by atoms with E-state index < -0.39 is 0 Å². The molecule has 4 aromatic rings. The molecule has 4 aromatic carbocycles. The molecule has 30 heavy (non-hydrogen) atoms. The maximum Gasteiger partial charge on any atom is 0.146 e. The molecule has 3 heteroatoms. The van der Waals surface area contributed by atoms with Crippen molar-refractivity contribution in [3.63, 3.8) is 0 Å². The Morgan fingerprint density at radius 1 is 0.633 bits per heavy atom. The quantitative estimate of drug-likeness (QED) is 0.374. The van der Waals surface area contributed by atoms with Crippen LogP contribution >= 0.6 is 0 Å². The van der Waals surface area contributed by atoms with Crippen LogP contribution in [0.15, 0.2) is 84.9 Å². The number of fused-ring (bicyclic) bond motifs is 3. The highest BCUT2D eigenvalue weighted by atomic mass is 19.1. The van der Waals surface area contributed by atoms with Gasteiger partial charge in [-0.05, 0) is 46.5 Å². The van der Waals surface area contributed by atoms with Crippen LogP contribution in [0.3, 0.4) is 0 Å². The van der Waals surface area contributed by atoms with Gasteiger partial charge in [0.1, 0.15) is 11.6 Å². The Morgan fingerprint density at radius 3 is 2.13 bits per heavy atom. The van der Waals surface area contributed by atoms with Gasteiger partial charge in [-0.2, -0.15) is 0 Å². The van der Waals surface area contributed by atoms with E-state index in [0.717, 1.165) is 16.8 Å². The lowest BCUT2D eigenvalue weighted by Crippen LogP contribution is -2.14. The maximum absolute atomic E-state index is 14.7. The van der Waals surface area contributed by atoms with Crippen molar-refractivity contribution in [2.45, 2.75) is 19.3 Å². The van der Waals surface area contributed by atoms with Gasteiger partial charge < -0.3 is 5.32 Å². The number of nitrogens with one attached hydrogen (secondary N) is 1. The molecular formula is C27H21F2N. The predicted octanol–water partition coefficient (Wildman–Crippen LogP) is 7.68. The van der Waals surface area contributed by atoms with Crippen molar-refractivity contribution in [1.82, 2.24) is 0 Å². The number of anilines is 2. The fraction of sp³-hybridized carbons (Fsp3) is 0.111. The molecule has 0 bridgehead atoms. The first-order valence-corrected chi connectivity index (χ1v) is 10.0. The Labute approximate surface area is 175 Å². The molecule has 0 aliphatic heterocycles. The molecule has 0 saturated heterocycles. The van der Waals surface area contributed by atoms with Crippen LogP contribution in [0, 0.1) is 11.6 Å². The zero-order valence-electron chi connectivity index (χ0n) is 16.8. The van der Waals surface area contributed by atoms with Gasteiger partial charge in [0.15, 0.2) is 0 Å². The third-order valence-electron chi connectivity index (χ3n) is 6.03. The molecule has 0 atom stereocenters. The third-order valence-corrected chi connectivity index (χ3v) is 6.03. The largest absolute Gasteiger partial charge is 0.353 e. The summed E-state index contributed by atoms with van der Waals surface area (Å²) in [7, 11) is 0. The lowest BCUT2D eigenvalue weighted by atomic mass is 9.82. The molecule has 148 valence electrons. The highest BCUT2D eigenvalue weighted by Gasteiger charge is 2.36. The first kappa shape index (κ1) is 18.6. The normalized spacial score (nSPS) is 13.6. The summed E-state index contributed by atoms with van der Waals surface area (Å²) in [6, 6.07) is 25.6. The van der Waals surface area contributed by atoms with Crippen molar-refractivity contribution < 1.29 is 8.78 Å². The number of benzene rings is 4. The molecule has 0 fully saturated rings. The first-order valence-electron chi connectivity index (χ1n) is 10.0. The van der Waals surface area contributed by atoms with Crippen molar-refractivity contribution in [2.24, 2.45) is 0 Å². The summed E-state index contributed by atoms with van der Waals surface area (Å²) >= 11 is 0. The van der Waals surface area contributed by atoms with Gasteiger partial charge in [0.05, 0.1) is 5.69 Å². The molecule has 0 amide bonds. The molecule has 0 spiro atoms. The summed E-state index contributed by atoms with van der Waals surface area (Å²) in [6.07, 6.45) is 0. The SMILES string of the molecule is CC1(C)c2ccccc2-c2c(Nc3cc(-c4ccccc4F)ccc3F)cccc21. The average molecular weight is 397 g/mol. The lowest BCUT2D eigenvalue weighted by Gasteiger charge is -2.21. The second kappa shape index (κ2) is 6.81. The summed E-state index contributed by atoms with van der Waals surface area (Å²) in [4.78, 5) is 0. The summed E-state index contributed by atoms with van der Waals surface area (Å²) in [5.41, 5.74) is 6.84. The van der Waals surface area contributed by atoms with Crippen molar-refractivity contribution in [3.05, 3.63) is 108 Å². The number of halogens is 2. The summed E-state index contributed by atoms with van der Waals surface area (Å²) in [5, 5.41) is 3.28. The predicted molar refractivity (Wildman–Crippen MR) is 119 cm³/mol. The fourth-order valence-corrected chi connectivity index (χ4v) is 4.49. The zero-order chi connectivity index (χ0) is 20.9. The van der Waals surface area contributed by atoms with Crippen molar-refractivity contribution in [3.8, 4) is 22.3 Å². The minimum Gasteiger partial charge on any atom is -0.353 e. The molecule has 1 nitrogen and oxygen atoms in total. The van der Waals surface area contributed by atoms with E-state index in [2.05, 4.69) is 43.4 Å². The van der Waals surface area contributed by atoms with Gasteiger partial charge in [0, 0.05) is 22.2 Å². The van der Waals surface area contributed by atoms with Crippen molar-refractivity contribution in [2.75, 3.05) is 5.32 Å². The van der Waals surface area contributed by atoms with E-state index in [-0.39, 0.29) is 17.0 Å². The highest BCUT2D eigenvalue weighted by Crippen LogP contribution is 2.51. The Kier molecular flexibility index (Phi) is 4.21. The first-order chi connectivity index (χ1) is 14.5. The molecular weight excluding hydrogens is 376 g/mol. The summed E-state index contributed by atoms with van der Waals surface area (Å²) in [5.74, 6) is -0.704. The van der Waals surface area contributed by atoms with Crippen LogP contribution in [-0.2, 0) is 5.41 Å². The van der Waals surface area contributed by atoms with Gasteiger partial charge in [0.2, 0.25) is 0 Å². The molecule has 0 unspecified atom stereocenters. The Hall–Kier alpha value is -3.46. The topological polar surface area (TPSA) is 12.0 Å². The van der Waals surface area contributed by atoms with Crippen LogP contribution in [0.4, 0.5) is 20.2 Å². The number of hydrogen-bond donors (Lipinski definition) is 1. The summed E-state index contributed by atoms with van der Waals surface area (Å²) in [6.45, 7) is 4.42. The van der Waals surface area contributed by atoms with Crippen LogP contribution in [0.25, 0.3) is 22.3 Å². The van der Waals surface area contributed by atoms with Gasteiger partial charge >= 0.3 is 0 Å². The molecule has 5 rings (SSSR count). The molecule has 1 aliphatic carbocycles. The zero-order valence-corrected chi connectivity index (χ0v) is 16.8. The van der Waals surface area contributed by atoms with E-state index in [1.165, 1.54) is 23.3 Å². The van der Waals surface area contributed by atoms with Crippen LogP contribution in [-0.4, -0.2) is 0 Å². The molecule has 1 N–H and O–H groups in total. The third kappa shape index (κ3) is 2.81. The standard InChI is InChI=1S/C27H21F2N/c1-27(2)20-10-5-3-9-19(20)26-21(27)11-7-13-24(26)30-25-16-17(14-15-23(25)29)18-8-4-6-12-22(18)28/h3-16,30H,1-2H3. The highest BCUT2D eigenvalue weighted by molar-refractivity contribution is 5.91. The smallest absolute Gasteiger partial charge is 0.146 e. The maximum atomic E-state index is 14.7. The van der Waals surface area contributed by atoms with E-state index in [1.54, 1.807) is 30.3 Å². The van der Waals surface area contributed by atoms with E-state index in [9.17, 15) is 8.78 Å². The van der Waals surface area contributed by atoms with Crippen molar-refractivity contribution in [1.29, 1.82) is 0 Å². The molecule has 0 aromatic heterocycles. The van der Waals surface area contributed by atoms with Gasteiger partial charge in [-0.1, -0.05) is 74.5 Å². The van der Waals surface area contributed by atoms with Crippen LogP contribution in [0.1, 0.15) is 25.0 Å². The van der Waals surface area contributed by atoms with Crippen LogP contribution in [0.2, 0.25) is 0 Å². The minimum absolute atomic E-state index is 0.128. The Bertz CT molecular complexity index is 1270. The van der Waals surface area contributed by atoms with E-state index in [1.807, 2.05) is 18.2 Å². The second-order valence-corrected chi connectivity index (χ2v) is 8.20. The van der Waals surface area contributed by atoms with E-state index in [0.29, 0.717) is 16.8 Å². The number of rotatable bonds is 3. The number of hydrogen-bond acceptors (Lipinski definition) is 1. The molecule has 0 radical (unpaired) electrons. The average Bonchev–Trinajstić information content (AvgIpc) is 2.99. The molecule has 0 heterocycles. The minimum atomic E-state index is -0.377. The lowest BCUT2D eigenvalue weighted by molar-refractivity contribution is 0.628.